The van der Waals surface area contributed by atoms with Gasteiger partial charge in [0.1, 0.15) is 0 Å². The number of amides is 1. The molecule has 2 fully saturated rings. The van der Waals surface area contributed by atoms with Gasteiger partial charge in [-0.3, -0.25) is 4.79 Å². The van der Waals surface area contributed by atoms with Gasteiger partial charge in [0.05, 0.1) is 0 Å². The Morgan fingerprint density at radius 3 is 2.16 bits per heavy atom. The predicted molar refractivity (Wildman–Crippen MR) is 78.9 cm³/mol. The van der Waals surface area contributed by atoms with E-state index in [-0.39, 0.29) is 5.92 Å². The zero-order valence-corrected chi connectivity index (χ0v) is 13.1. The number of hydrogen-bond donors (Lipinski definition) is 0. The van der Waals surface area contributed by atoms with Crippen LogP contribution in [0.15, 0.2) is 0 Å². The first-order valence-electron chi connectivity index (χ1n) is 7.98. The third-order valence-electron chi connectivity index (χ3n) is 4.85. The van der Waals surface area contributed by atoms with Crippen LogP contribution in [0.4, 0.5) is 0 Å². The summed E-state index contributed by atoms with van der Waals surface area (Å²) in [4.78, 5) is 16.4. The van der Waals surface area contributed by atoms with Gasteiger partial charge in [0, 0.05) is 31.5 Å². The number of carbonyl (C=O) groups excluding carboxylic acids is 1. The van der Waals surface area contributed by atoms with Crippen LogP contribution >= 0.6 is 0 Å². The molecule has 2 saturated heterocycles. The maximum absolute atomic E-state index is 11.8. The Morgan fingerprint density at radius 2 is 1.68 bits per heavy atom. The largest absolute Gasteiger partial charge is 0.342 e. The van der Waals surface area contributed by atoms with E-state index in [0.29, 0.717) is 5.91 Å². The average Bonchev–Trinajstić information content (AvgIpc) is 2.33. The average molecular weight is 266 g/mol. The molecule has 0 radical (unpaired) electrons. The minimum Gasteiger partial charge on any atom is -0.342 e. The Hall–Kier alpha value is -0.570. The molecule has 2 rings (SSSR count). The third-order valence-corrected chi connectivity index (χ3v) is 4.85. The fraction of sp³-hybridized carbons (Fsp3) is 0.938. The molecule has 2 aliphatic rings. The van der Waals surface area contributed by atoms with E-state index in [9.17, 15) is 4.79 Å². The van der Waals surface area contributed by atoms with Gasteiger partial charge in [0.15, 0.2) is 0 Å². The quantitative estimate of drug-likeness (QED) is 0.780. The van der Waals surface area contributed by atoms with Gasteiger partial charge >= 0.3 is 0 Å². The van der Waals surface area contributed by atoms with E-state index < -0.39 is 0 Å². The minimum atomic E-state index is 0.155. The molecule has 3 heteroatoms. The molecule has 0 atom stereocenters. The normalized spacial score (nSPS) is 23.2. The van der Waals surface area contributed by atoms with Crippen molar-refractivity contribution >= 4 is 5.91 Å². The van der Waals surface area contributed by atoms with Gasteiger partial charge in [-0.15, -0.1) is 0 Å². The molecular formula is C16H30N2O. The van der Waals surface area contributed by atoms with Crippen molar-refractivity contribution in [1.82, 2.24) is 9.80 Å². The molecule has 0 spiro atoms. The summed E-state index contributed by atoms with van der Waals surface area (Å²) in [5.74, 6) is 2.97. The zero-order chi connectivity index (χ0) is 14.0. The van der Waals surface area contributed by atoms with E-state index in [4.69, 9.17) is 0 Å². The molecule has 0 aromatic heterocycles. The number of likely N-dealkylation sites (tertiary alicyclic amines) is 2. The maximum atomic E-state index is 11.8. The van der Waals surface area contributed by atoms with Gasteiger partial charge in [-0.25, -0.2) is 0 Å². The molecule has 0 bridgehead atoms. The van der Waals surface area contributed by atoms with Crippen LogP contribution < -0.4 is 0 Å². The Kier molecular flexibility index (Phi) is 4.88. The monoisotopic (exact) mass is 266 g/mol. The Labute approximate surface area is 118 Å². The lowest BCUT2D eigenvalue weighted by Gasteiger charge is -2.44. The number of nitrogens with zero attached hydrogens (tertiary/aromatic N) is 2. The molecule has 2 heterocycles. The summed E-state index contributed by atoms with van der Waals surface area (Å²) in [6, 6.07) is 0. The molecule has 0 aromatic rings. The van der Waals surface area contributed by atoms with Crippen molar-refractivity contribution in [3.05, 3.63) is 0 Å². The molecule has 0 N–H and O–H groups in total. The van der Waals surface area contributed by atoms with Crippen LogP contribution in [0.1, 0.15) is 40.5 Å². The fourth-order valence-electron chi connectivity index (χ4n) is 3.40. The Bertz CT molecular complexity index is 300. The van der Waals surface area contributed by atoms with Crippen LogP contribution in [0.2, 0.25) is 0 Å². The number of piperidine rings is 1. The fourth-order valence-corrected chi connectivity index (χ4v) is 3.40. The van der Waals surface area contributed by atoms with Crippen molar-refractivity contribution in [3.63, 3.8) is 0 Å². The number of rotatable bonds is 4. The Morgan fingerprint density at radius 1 is 1.11 bits per heavy atom. The van der Waals surface area contributed by atoms with Crippen molar-refractivity contribution in [2.24, 2.45) is 23.7 Å². The van der Waals surface area contributed by atoms with Gasteiger partial charge in [-0.2, -0.15) is 0 Å². The lowest BCUT2D eigenvalue weighted by molar-refractivity contribution is -0.141. The van der Waals surface area contributed by atoms with Crippen LogP contribution in [0.25, 0.3) is 0 Å². The minimum absolute atomic E-state index is 0.155. The standard InChI is InChI=1S/C16H30N2O/c1-12(2)15-5-7-17(8-6-15)9-14-10-18(11-14)16(19)13(3)4/h12-15H,5-11H2,1-4H3. The molecule has 110 valence electrons. The van der Waals surface area contributed by atoms with Crippen LogP contribution in [-0.4, -0.2) is 48.4 Å². The van der Waals surface area contributed by atoms with E-state index in [2.05, 4.69) is 18.7 Å². The summed E-state index contributed by atoms with van der Waals surface area (Å²) < 4.78 is 0. The molecule has 1 amide bonds. The van der Waals surface area contributed by atoms with Gasteiger partial charge in [-0.1, -0.05) is 27.7 Å². The predicted octanol–water partition coefficient (Wildman–Crippen LogP) is 2.47. The highest BCUT2D eigenvalue weighted by atomic mass is 16.2. The highest BCUT2D eigenvalue weighted by Gasteiger charge is 2.33. The van der Waals surface area contributed by atoms with Crippen molar-refractivity contribution in [2.75, 3.05) is 32.7 Å². The summed E-state index contributed by atoms with van der Waals surface area (Å²) in [6.45, 7) is 14.4. The van der Waals surface area contributed by atoms with Crippen molar-refractivity contribution < 1.29 is 4.79 Å². The van der Waals surface area contributed by atoms with Crippen molar-refractivity contribution in [1.29, 1.82) is 0 Å². The summed E-state index contributed by atoms with van der Waals surface area (Å²) >= 11 is 0. The van der Waals surface area contributed by atoms with Crippen LogP contribution in [0, 0.1) is 23.7 Å². The third kappa shape index (κ3) is 3.71. The molecule has 0 aromatic carbocycles. The highest BCUT2D eigenvalue weighted by Crippen LogP contribution is 2.26. The second kappa shape index (κ2) is 6.25. The molecule has 2 aliphatic heterocycles. The molecule has 0 aliphatic carbocycles. The number of carbonyl (C=O) groups is 1. The first kappa shape index (κ1) is 14.8. The van der Waals surface area contributed by atoms with Gasteiger partial charge in [-0.05, 0) is 37.8 Å². The first-order chi connectivity index (χ1) is 8.97. The van der Waals surface area contributed by atoms with Gasteiger partial charge in [0.25, 0.3) is 0 Å². The van der Waals surface area contributed by atoms with Gasteiger partial charge < -0.3 is 9.80 Å². The SMILES string of the molecule is CC(C)C(=O)N1CC(CN2CCC(C(C)C)CC2)C1. The maximum Gasteiger partial charge on any atom is 0.225 e. The smallest absolute Gasteiger partial charge is 0.225 e. The van der Waals surface area contributed by atoms with Crippen molar-refractivity contribution in [2.45, 2.75) is 40.5 Å². The molecule has 19 heavy (non-hydrogen) atoms. The summed E-state index contributed by atoms with van der Waals surface area (Å²) in [5.41, 5.74) is 0. The summed E-state index contributed by atoms with van der Waals surface area (Å²) in [5, 5.41) is 0. The molecule has 0 saturated carbocycles. The van der Waals surface area contributed by atoms with E-state index in [1.54, 1.807) is 0 Å². The lowest BCUT2D eigenvalue weighted by Crippen LogP contribution is -2.55. The topological polar surface area (TPSA) is 23.6 Å². The van der Waals surface area contributed by atoms with E-state index in [1.807, 2.05) is 18.7 Å². The van der Waals surface area contributed by atoms with Crippen molar-refractivity contribution in [3.8, 4) is 0 Å². The van der Waals surface area contributed by atoms with E-state index >= 15 is 0 Å². The molecular weight excluding hydrogens is 236 g/mol. The zero-order valence-electron chi connectivity index (χ0n) is 13.1. The number of hydrogen-bond acceptors (Lipinski definition) is 2. The van der Waals surface area contributed by atoms with Crippen LogP contribution in [-0.2, 0) is 4.79 Å². The van der Waals surface area contributed by atoms with Crippen LogP contribution in [0.5, 0.6) is 0 Å². The van der Waals surface area contributed by atoms with Gasteiger partial charge in [0.2, 0.25) is 5.91 Å². The Balaban J connectivity index is 1.65. The summed E-state index contributed by atoms with van der Waals surface area (Å²) in [6.07, 6.45) is 2.72. The second-order valence-corrected chi connectivity index (χ2v) is 7.15. The van der Waals surface area contributed by atoms with E-state index in [0.717, 1.165) is 30.8 Å². The second-order valence-electron chi connectivity index (χ2n) is 7.15. The molecule has 0 unspecified atom stereocenters. The lowest BCUT2D eigenvalue weighted by atomic mass is 9.86. The molecule has 3 nitrogen and oxygen atoms in total. The highest BCUT2D eigenvalue weighted by molar-refractivity contribution is 5.78. The summed E-state index contributed by atoms with van der Waals surface area (Å²) in [7, 11) is 0. The first-order valence-corrected chi connectivity index (χ1v) is 7.98. The van der Waals surface area contributed by atoms with Crippen LogP contribution in [0.3, 0.4) is 0 Å². The van der Waals surface area contributed by atoms with E-state index in [1.165, 1.54) is 32.5 Å².